The van der Waals surface area contributed by atoms with E-state index in [0.717, 1.165) is 11.0 Å². The van der Waals surface area contributed by atoms with Gasteiger partial charge in [-0.05, 0) is 13.0 Å². The highest BCUT2D eigenvalue weighted by Gasteiger charge is 1.87. The molecule has 0 bridgehead atoms. The van der Waals surface area contributed by atoms with E-state index in [1.165, 1.54) is 6.08 Å². The predicted octanol–water partition coefficient (Wildman–Crippen LogP) is 1.17. The summed E-state index contributed by atoms with van der Waals surface area (Å²) in [6.07, 6.45) is 3.10. The zero-order valence-electron chi connectivity index (χ0n) is 4.42. The first-order valence-electron chi connectivity index (χ1n) is 2.04. The molecule has 0 unspecified atom stereocenters. The van der Waals surface area contributed by atoms with E-state index in [-0.39, 0.29) is 5.91 Å². The van der Waals surface area contributed by atoms with Crippen LogP contribution < -0.4 is 4.72 Å². The van der Waals surface area contributed by atoms with Crippen LogP contribution in [0.5, 0.6) is 0 Å². The van der Waals surface area contributed by atoms with E-state index < -0.39 is 0 Å². The fraction of sp³-hybridized carbons (Fsp3) is 0.250. The molecular weight excluding hydrogens is 142 g/mol. The monoisotopic (exact) mass is 149 g/mol. The lowest BCUT2D eigenvalue weighted by Crippen LogP contribution is -2.09. The van der Waals surface area contributed by atoms with Crippen LogP contribution in [0.15, 0.2) is 12.2 Å². The van der Waals surface area contributed by atoms with Gasteiger partial charge in [-0.3, -0.25) is 9.52 Å². The van der Waals surface area contributed by atoms with Crippen molar-refractivity contribution in [3.05, 3.63) is 12.2 Å². The first-order chi connectivity index (χ1) is 3.81. The molecule has 0 rings (SSSR count). The van der Waals surface area contributed by atoms with E-state index in [1.807, 2.05) is 0 Å². The number of thiol groups is 1. The Kier molecular flexibility index (Phi) is 5.00. The normalized spacial score (nSPS) is 9.75. The third kappa shape index (κ3) is 4.08. The second kappa shape index (κ2) is 5.05. The fourth-order valence-corrected chi connectivity index (χ4v) is 0.658. The molecule has 0 spiro atoms. The van der Waals surface area contributed by atoms with Crippen LogP contribution in [0, 0.1) is 0 Å². The zero-order valence-corrected chi connectivity index (χ0v) is 6.13. The largest absolute Gasteiger partial charge is 0.288 e. The number of hydrogen-bond acceptors (Lipinski definition) is 3. The third-order valence-corrected chi connectivity index (χ3v) is 1.03. The van der Waals surface area contributed by atoms with Gasteiger partial charge >= 0.3 is 0 Å². The van der Waals surface area contributed by atoms with Gasteiger partial charge < -0.3 is 0 Å². The molecule has 0 atom stereocenters. The second-order valence-corrected chi connectivity index (χ2v) is 1.99. The molecule has 0 aliphatic rings. The Labute approximate surface area is 57.7 Å². The van der Waals surface area contributed by atoms with Crippen LogP contribution in [0.1, 0.15) is 6.92 Å². The summed E-state index contributed by atoms with van der Waals surface area (Å²) >= 11 is 3.70. The van der Waals surface area contributed by atoms with Crippen molar-refractivity contribution in [3.63, 3.8) is 0 Å². The fourth-order valence-electron chi connectivity index (χ4n) is 0.230. The molecule has 1 amide bonds. The number of hydrogen-bond donors (Lipinski definition) is 2. The van der Waals surface area contributed by atoms with Crippen molar-refractivity contribution < 1.29 is 4.79 Å². The minimum Gasteiger partial charge on any atom is -0.288 e. The van der Waals surface area contributed by atoms with Gasteiger partial charge in [-0.25, -0.2) is 0 Å². The number of carbonyl (C=O) groups excluding carboxylic acids is 1. The van der Waals surface area contributed by atoms with Gasteiger partial charge in [0.15, 0.2) is 0 Å². The van der Waals surface area contributed by atoms with Gasteiger partial charge in [0.2, 0.25) is 0 Å². The maximum atomic E-state index is 10.4. The van der Waals surface area contributed by atoms with Gasteiger partial charge in [-0.1, -0.05) is 17.7 Å². The van der Waals surface area contributed by atoms with Crippen LogP contribution >= 0.6 is 22.6 Å². The lowest BCUT2D eigenvalue weighted by atomic mass is 10.5. The van der Waals surface area contributed by atoms with E-state index in [1.54, 1.807) is 13.0 Å². The van der Waals surface area contributed by atoms with Crippen molar-refractivity contribution in [1.82, 2.24) is 4.72 Å². The standard InChI is InChI=1S/C4H7NOS2/c1-2-3-4(6)5-8-7/h2-3,7H,1H3,(H,5,6)/b3-2+. The van der Waals surface area contributed by atoms with Crippen LogP contribution in [0.25, 0.3) is 0 Å². The molecule has 0 heterocycles. The molecule has 0 aromatic heterocycles. The quantitative estimate of drug-likeness (QED) is 0.267. The van der Waals surface area contributed by atoms with Crippen molar-refractivity contribution in [2.75, 3.05) is 0 Å². The Morgan fingerprint density at radius 3 is 2.88 bits per heavy atom. The highest BCUT2D eigenvalue weighted by Crippen LogP contribution is 1.95. The predicted molar refractivity (Wildman–Crippen MR) is 39.5 cm³/mol. The van der Waals surface area contributed by atoms with Crippen molar-refractivity contribution >= 4 is 28.5 Å². The zero-order chi connectivity index (χ0) is 6.41. The van der Waals surface area contributed by atoms with Crippen LogP contribution in [0.4, 0.5) is 0 Å². The van der Waals surface area contributed by atoms with E-state index in [9.17, 15) is 4.79 Å². The second-order valence-electron chi connectivity index (χ2n) is 1.06. The molecule has 0 saturated carbocycles. The summed E-state index contributed by atoms with van der Waals surface area (Å²) in [4.78, 5) is 10.4. The number of carbonyl (C=O) groups is 1. The molecule has 0 aliphatic heterocycles. The van der Waals surface area contributed by atoms with Gasteiger partial charge in [-0.2, -0.15) is 0 Å². The van der Waals surface area contributed by atoms with E-state index in [0.29, 0.717) is 0 Å². The van der Waals surface area contributed by atoms with Gasteiger partial charge in [0.05, 0.1) is 0 Å². The van der Waals surface area contributed by atoms with Crippen molar-refractivity contribution in [2.24, 2.45) is 0 Å². The van der Waals surface area contributed by atoms with Gasteiger partial charge in [0.1, 0.15) is 0 Å². The summed E-state index contributed by atoms with van der Waals surface area (Å²) in [5.41, 5.74) is 0. The highest BCUT2D eigenvalue weighted by molar-refractivity contribution is 8.68. The molecule has 1 N–H and O–H groups in total. The molecule has 0 aromatic carbocycles. The third-order valence-electron chi connectivity index (χ3n) is 0.464. The van der Waals surface area contributed by atoms with Crippen LogP contribution in [0.2, 0.25) is 0 Å². The lowest BCUT2D eigenvalue weighted by Gasteiger charge is -1.89. The summed E-state index contributed by atoms with van der Waals surface area (Å²) in [6, 6.07) is 0. The topological polar surface area (TPSA) is 29.1 Å². The SMILES string of the molecule is C/C=C/C(=O)NSS. The number of rotatable bonds is 2. The summed E-state index contributed by atoms with van der Waals surface area (Å²) in [5.74, 6) is -0.132. The van der Waals surface area contributed by atoms with Crippen molar-refractivity contribution in [3.8, 4) is 0 Å². The highest BCUT2D eigenvalue weighted by atomic mass is 33.1. The van der Waals surface area contributed by atoms with E-state index in [4.69, 9.17) is 0 Å². The van der Waals surface area contributed by atoms with Crippen molar-refractivity contribution in [1.29, 1.82) is 0 Å². The molecule has 0 fully saturated rings. The molecular formula is C4H7NOS2. The molecule has 0 saturated heterocycles. The van der Waals surface area contributed by atoms with Gasteiger partial charge in [0.25, 0.3) is 5.91 Å². The molecule has 46 valence electrons. The van der Waals surface area contributed by atoms with Crippen LogP contribution in [-0.2, 0) is 4.79 Å². The Morgan fingerprint density at radius 2 is 2.50 bits per heavy atom. The molecule has 0 aromatic rings. The molecule has 4 heteroatoms. The van der Waals surface area contributed by atoms with Crippen LogP contribution in [-0.4, -0.2) is 5.91 Å². The maximum Gasteiger partial charge on any atom is 0.254 e. The summed E-state index contributed by atoms with van der Waals surface area (Å²) in [5, 5.41) is 0. The lowest BCUT2D eigenvalue weighted by molar-refractivity contribution is -0.114. The first-order valence-corrected chi connectivity index (χ1v) is 3.91. The number of allylic oxidation sites excluding steroid dienone is 1. The molecule has 0 aliphatic carbocycles. The Bertz CT molecular complexity index is 102. The Balaban J connectivity index is 3.33. The average molecular weight is 149 g/mol. The average Bonchev–Trinajstić information content (AvgIpc) is 1.68. The smallest absolute Gasteiger partial charge is 0.254 e. The summed E-state index contributed by atoms with van der Waals surface area (Å²) in [7, 11) is 0.993. The Hall–Kier alpha value is -0.0900. The molecule has 2 nitrogen and oxygen atoms in total. The first kappa shape index (κ1) is 7.91. The summed E-state index contributed by atoms with van der Waals surface area (Å²) < 4.78 is 2.40. The van der Waals surface area contributed by atoms with Gasteiger partial charge in [-0.15, -0.1) is 0 Å². The van der Waals surface area contributed by atoms with E-state index in [2.05, 4.69) is 16.4 Å². The minimum atomic E-state index is -0.132. The van der Waals surface area contributed by atoms with E-state index >= 15 is 0 Å². The van der Waals surface area contributed by atoms with Crippen LogP contribution in [0.3, 0.4) is 0 Å². The molecule has 8 heavy (non-hydrogen) atoms. The minimum absolute atomic E-state index is 0.132. The maximum absolute atomic E-state index is 10.4. The Morgan fingerprint density at radius 1 is 1.88 bits per heavy atom. The van der Waals surface area contributed by atoms with Crippen molar-refractivity contribution in [2.45, 2.75) is 6.92 Å². The number of amides is 1. The number of nitrogens with one attached hydrogen (secondary N) is 1. The van der Waals surface area contributed by atoms with Gasteiger partial charge in [0, 0.05) is 11.0 Å². The summed E-state index contributed by atoms with van der Waals surface area (Å²) in [6.45, 7) is 1.78. The molecule has 0 radical (unpaired) electrons.